The van der Waals surface area contributed by atoms with Crippen molar-refractivity contribution in [3.63, 3.8) is 0 Å². The van der Waals surface area contributed by atoms with Crippen LogP contribution in [0.5, 0.6) is 0 Å². The lowest BCUT2D eigenvalue weighted by Crippen LogP contribution is -2.24. The highest BCUT2D eigenvalue weighted by Crippen LogP contribution is 2.46. The molecular formula is C11H17N3O2. The van der Waals surface area contributed by atoms with Crippen molar-refractivity contribution in [3.05, 3.63) is 11.4 Å². The number of esters is 1. The summed E-state index contributed by atoms with van der Waals surface area (Å²) in [7, 11) is 0. The van der Waals surface area contributed by atoms with E-state index in [1.807, 2.05) is 20.8 Å². The van der Waals surface area contributed by atoms with Crippen molar-refractivity contribution in [3.8, 4) is 0 Å². The minimum Gasteiger partial charge on any atom is -0.455 e. The third-order valence-electron chi connectivity index (χ3n) is 2.63. The minimum atomic E-state index is -0.498. The highest BCUT2D eigenvalue weighted by atomic mass is 16.6. The number of aromatic amines is 1. The Morgan fingerprint density at radius 3 is 2.56 bits per heavy atom. The molecule has 0 aliphatic heterocycles. The summed E-state index contributed by atoms with van der Waals surface area (Å²) < 4.78 is 5.27. The van der Waals surface area contributed by atoms with Crippen LogP contribution in [-0.4, -0.2) is 27.0 Å². The van der Waals surface area contributed by atoms with Gasteiger partial charge in [0.05, 0.1) is 0 Å². The molecule has 1 aliphatic carbocycles. The minimum absolute atomic E-state index is 0.337. The summed E-state index contributed by atoms with van der Waals surface area (Å²) >= 11 is 0. The van der Waals surface area contributed by atoms with Gasteiger partial charge in [-0.2, -0.15) is 10.3 Å². The van der Waals surface area contributed by atoms with Crippen molar-refractivity contribution in [2.24, 2.45) is 5.92 Å². The van der Waals surface area contributed by atoms with Gasteiger partial charge < -0.3 is 4.74 Å². The topological polar surface area (TPSA) is 67.9 Å². The second-order valence-electron chi connectivity index (χ2n) is 5.38. The molecule has 1 heterocycles. The summed E-state index contributed by atoms with van der Waals surface area (Å²) in [5, 5.41) is 10.4. The van der Waals surface area contributed by atoms with Gasteiger partial charge in [0.15, 0.2) is 5.69 Å². The Morgan fingerprint density at radius 2 is 2.06 bits per heavy atom. The van der Waals surface area contributed by atoms with Gasteiger partial charge in [0.1, 0.15) is 11.3 Å². The van der Waals surface area contributed by atoms with Gasteiger partial charge in [0.25, 0.3) is 0 Å². The average Bonchev–Trinajstić information content (AvgIpc) is 2.68. The SMILES string of the molecule is CC1CC1c1n[nH]nc1C(=O)OC(C)(C)C. The zero-order valence-corrected chi connectivity index (χ0v) is 10.1. The molecule has 5 nitrogen and oxygen atoms in total. The van der Waals surface area contributed by atoms with E-state index in [1.54, 1.807) is 0 Å². The van der Waals surface area contributed by atoms with Crippen molar-refractivity contribution in [1.29, 1.82) is 0 Å². The fourth-order valence-electron chi connectivity index (χ4n) is 1.68. The molecule has 1 saturated carbocycles. The Kier molecular flexibility index (Phi) is 2.48. The number of ether oxygens (including phenoxy) is 1. The molecule has 1 aliphatic rings. The maximum atomic E-state index is 11.8. The predicted octanol–water partition coefficient (Wildman–Crippen LogP) is 1.88. The van der Waals surface area contributed by atoms with E-state index in [2.05, 4.69) is 22.3 Å². The molecule has 5 heteroatoms. The molecule has 0 amide bonds. The molecule has 0 saturated heterocycles. The van der Waals surface area contributed by atoms with Crippen LogP contribution in [-0.2, 0) is 4.74 Å². The van der Waals surface area contributed by atoms with Crippen LogP contribution in [0.2, 0.25) is 0 Å². The Hall–Kier alpha value is -1.39. The lowest BCUT2D eigenvalue weighted by atomic mass is 10.1. The molecule has 2 atom stereocenters. The Balaban J connectivity index is 2.15. The van der Waals surface area contributed by atoms with Crippen LogP contribution in [0.25, 0.3) is 0 Å². The molecule has 88 valence electrons. The molecule has 2 unspecified atom stereocenters. The van der Waals surface area contributed by atoms with Gasteiger partial charge in [-0.3, -0.25) is 0 Å². The molecular weight excluding hydrogens is 206 g/mol. The number of rotatable bonds is 2. The van der Waals surface area contributed by atoms with Crippen LogP contribution < -0.4 is 0 Å². The highest BCUT2D eigenvalue weighted by Gasteiger charge is 2.40. The van der Waals surface area contributed by atoms with E-state index in [4.69, 9.17) is 4.74 Å². The van der Waals surface area contributed by atoms with Crippen LogP contribution in [0, 0.1) is 5.92 Å². The Labute approximate surface area is 94.6 Å². The average molecular weight is 223 g/mol. The van der Waals surface area contributed by atoms with Crippen LogP contribution >= 0.6 is 0 Å². The number of H-pyrrole nitrogens is 1. The lowest BCUT2D eigenvalue weighted by molar-refractivity contribution is 0.00615. The zero-order valence-electron chi connectivity index (χ0n) is 10.1. The molecule has 0 aromatic carbocycles. The summed E-state index contributed by atoms with van der Waals surface area (Å²) in [6, 6.07) is 0. The van der Waals surface area contributed by atoms with E-state index in [-0.39, 0.29) is 0 Å². The number of carbonyl (C=O) groups is 1. The van der Waals surface area contributed by atoms with E-state index in [0.717, 1.165) is 12.1 Å². The van der Waals surface area contributed by atoms with Crippen LogP contribution in [0.15, 0.2) is 0 Å². The molecule has 16 heavy (non-hydrogen) atoms. The van der Waals surface area contributed by atoms with E-state index in [9.17, 15) is 4.79 Å². The van der Waals surface area contributed by atoms with Crippen molar-refractivity contribution < 1.29 is 9.53 Å². The summed E-state index contributed by atoms with van der Waals surface area (Å²) in [4.78, 5) is 11.8. The maximum Gasteiger partial charge on any atom is 0.361 e. The normalized spacial score (nSPS) is 24.2. The molecule has 1 N–H and O–H groups in total. The lowest BCUT2D eigenvalue weighted by Gasteiger charge is -2.18. The summed E-state index contributed by atoms with van der Waals surface area (Å²) in [6.07, 6.45) is 1.07. The van der Waals surface area contributed by atoms with Crippen LogP contribution in [0.1, 0.15) is 56.2 Å². The first-order valence-corrected chi connectivity index (χ1v) is 5.52. The second kappa shape index (κ2) is 3.57. The van der Waals surface area contributed by atoms with Gasteiger partial charge in [-0.1, -0.05) is 6.92 Å². The standard InChI is InChI=1S/C11H17N3O2/c1-6-5-7(6)8-9(13-14-12-8)10(15)16-11(2,3)4/h6-7H,5H2,1-4H3,(H,12,13,14). The summed E-state index contributed by atoms with van der Waals surface area (Å²) in [5.74, 6) is 0.558. The molecule has 2 rings (SSSR count). The fraction of sp³-hybridized carbons (Fsp3) is 0.727. The van der Waals surface area contributed by atoms with Gasteiger partial charge >= 0.3 is 5.97 Å². The molecule has 1 fully saturated rings. The number of aromatic nitrogens is 3. The number of hydrogen-bond acceptors (Lipinski definition) is 4. The smallest absolute Gasteiger partial charge is 0.361 e. The predicted molar refractivity (Wildman–Crippen MR) is 58.1 cm³/mol. The number of nitrogens with one attached hydrogen (secondary N) is 1. The van der Waals surface area contributed by atoms with Crippen molar-refractivity contribution >= 4 is 5.97 Å². The largest absolute Gasteiger partial charge is 0.455 e. The van der Waals surface area contributed by atoms with Crippen molar-refractivity contribution in [2.75, 3.05) is 0 Å². The first-order chi connectivity index (χ1) is 7.38. The number of carbonyl (C=O) groups excluding carboxylic acids is 1. The third-order valence-corrected chi connectivity index (χ3v) is 2.63. The first-order valence-electron chi connectivity index (χ1n) is 5.52. The van der Waals surface area contributed by atoms with E-state index < -0.39 is 11.6 Å². The van der Waals surface area contributed by atoms with Crippen LogP contribution in [0.4, 0.5) is 0 Å². The van der Waals surface area contributed by atoms with E-state index >= 15 is 0 Å². The van der Waals surface area contributed by atoms with E-state index in [1.165, 1.54) is 0 Å². The van der Waals surface area contributed by atoms with Gasteiger partial charge in [0, 0.05) is 5.92 Å². The van der Waals surface area contributed by atoms with Crippen LogP contribution in [0.3, 0.4) is 0 Å². The van der Waals surface area contributed by atoms with E-state index in [0.29, 0.717) is 17.5 Å². The maximum absolute atomic E-state index is 11.8. The first kappa shape index (κ1) is 11.1. The Morgan fingerprint density at radius 1 is 1.44 bits per heavy atom. The number of hydrogen-bond donors (Lipinski definition) is 1. The Bertz CT molecular complexity index is 406. The fourth-order valence-corrected chi connectivity index (χ4v) is 1.68. The van der Waals surface area contributed by atoms with Crippen molar-refractivity contribution in [1.82, 2.24) is 15.4 Å². The molecule has 0 radical (unpaired) electrons. The highest BCUT2D eigenvalue weighted by molar-refractivity contribution is 5.88. The molecule has 0 bridgehead atoms. The van der Waals surface area contributed by atoms with Gasteiger partial charge in [-0.25, -0.2) is 4.79 Å². The third kappa shape index (κ3) is 2.23. The number of nitrogens with zero attached hydrogens (tertiary/aromatic N) is 2. The monoisotopic (exact) mass is 223 g/mol. The summed E-state index contributed by atoms with van der Waals surface area (Å²) in [6.45, 7) is 7.65. The second-order valence-corrected chi connectivity index (χ2v) is 5.38. The molecule has 0 spiro atoms. The van der Waals surface area contributed by atoms with Gasteiger partial charge in [-0.05, 0) is 33.1 Å². The molecule has 1 aromatic heterocycles. The van der Waals surface area contributed by atoms with Gasteiger partial charge in [0.2, 0.25) is 0 Å². The molecule has 1 aromatic rings. The summed E-state index contributed by atoms with van der Waals surface area (Å²) in [5.41, 5.74) is 0.591. The van der Waals surface area contributed by atoms with Crippen molar-refractivity contribution in [2.45, 2.75) is 45.6 Å². The zero-order chi connectivity index (χ0) is 11.9. The van der Waals surface area contributed by atoms with Gasteiger partial charge in [-0.15, -0.1) is 5.10 Å². The quantitative estimate of drug-likeness (QED) is 0.777.